The fourth-order valence-corrected chi connectivity index (χ4v) is 2.70. The molecule has 1 aliphatic carbocycles. The Balaban J connectivity index is 1.99. The third-order valence-corrected chi connectivity index (χ3v) is 4.00. The lowest BCUT2D eigenvalue weighted by Crippen LogP contribution is -2.45. The summed E-state index contributed by atoms with van der Waals surface area (Å²) in [7, 11) is 0. The van der Waals surface area contributed by atoms with Gasteiger partial charge in [0.05, 0.1) is 24.7 Å². The van der Waals surface area contributed by atoms with Crippen LogP contribution >= 0.6 is 0 Å². The monoisotopic (exact) mass is 214 g/mol. The van der Waals surface area contributed by atoms with E-state index in [0.717, 1.165) is 32.1 Å². The van der Waals surface area contributed by atoms with Crippen molar-refractivity contribution in [3.05, 3.63) is 0 Å². The third kappa shape index (κ3) is 1.81. The molecule has 1 saturated heterocycles. The molecule has 1 heterocycles. The average Bonchev–Trinajstić information content (AvgIpc) is 2.94. The summed E-state index contributed by atoms with van der Waals surface area (Å²) in [6.45, 7) is 5.47. The molecule has 2 rings (SSSR count). The van der Waals surface area contributed by atoms with Crippen molar-refractivity contribution in [2.24, 2.45) is 5.41 Å². The molecule has 15 heavy (non-hydrogen) atoms. The first-order valence-electron chi connectivity index (χ1n) is 6.10. The van der Waals surface area contributed by atoms with Crippen LogP contribution in [-0.2, 0) is 9.47 Å². The molecule has 0 aromatic rings. The Labute approximate surface area is 91.8 Å². The second-order valence-corrected chi connectivity index (χ2v) is 4.96. The van der Waals surface area contributed by atoms with Crippen LogP contribution in [0.5, 0.6) is 0 Å². The summed E-state index contributed by atoms with van der Waals surface area (Å²) < 4.78 is 11.4. The first kappa shape index (κ1) is 11.4. The van der Waals surface area contributed by atoms with Crippen LogP contribution in [0.1, 0.15) is 46.0 Å². The maximum absolute atomic E-state index is 10.2. The molecule has 3 nitrogen and oxygen atoms in total. The quantitative estimate of drug-likeness (QED) is 0.761. The Morgan fingerprint density at radius 3 is 2.33 bits per heavy atom. The number of aliphatic hydroxyl groups is 1. The van der Waals surface area contributed by atoms with Crippen molar-refractivity contribution in [3.63, 3.8) is 0 Å². The van der Waals surface area contributed by atoms with Crippen molar-refractivity contribution in [2.45, 2.75) is 57.8 Å². The summed E-state index contributed by atoms with van der Waals surface area (Å²) in [6, 6.07) is 0. The highest BCUT2D eigenvalue weighted by Crippen LogP contribution is 2.60. The molecule has 1 saturated carbocycles. The molecule has 2 fully saturated rings. The second kappa shape index (κ2) is 4.04. The summed E-state index contributed by atoms with van der Waals surface area (Å²) in [5.41, 5.74) is -0.112. The van der Waals surface area contributed by atoms with Crippen molar-refractivity contribution in [1.29, 1.82) is 0 Å². The van der Waals surface area contributed by atoms with Gasteiger partial charge in [-0.2, -0.15) is 0 Å². The van der Waals surface area contributed by atoms with Gasteiger partial charge in [-0.05, 0) is 26.2 Å². The van der Waals surface area contributed by atoms with Crippen LogP contribution < -0.4 is 0 Å². The van der Waals surface area contributed by atoms with E-state index in [4.69, 9.17) is 9.47 Å². The van der Waals surface area contributed by atoms with Gasteiger partial charge in [-0.25, -0.2) is 0 Å². The van der Waals surface area contributed by atoms with E-state index >= 15 is 0 Å². The van der Waals surface area contributed by atoms with Gasteiger partial charge >= 0.3 is 0 Å². The largest absolute Gasteiger partial charge is 0.392 e. The molecule has 0 radical (unpaired) electrons. The van der Waals surface area contributed by atoms with Crippen LogP contribution in [0.2, 0.25) is 0 Å². The molecular formula is C12H22O3. The minimum Gasteiger partial charge on any atom is -0.392 e. The van der Waals surface area contributed by atoms with E-state index in [9.17, 15) is 5.11 Å². The van der Waals surface area contributed by atoms with Gasteiger partial charge < -0.3 is 14.6 Å². The maximum atomic E-state index is 10.2. The molecule has 0 spiro atoms. The van der Waals surface area contributed by atoms with Crippen LogP contribution in [0.15, 0.2) is 0 Å². The van der Waals surface area contributed by atoms with E-state index in [1.807, 2.05) is 6.92 Å². The zero-order chi connectivity index (χ0) is 10.9. The SMILES string of the molecule is CCCCC(O)C1(C2(C)OCCO2)CC1. The first-order valence-corrected chi connectivity index (χ1v) is 6.10. The van der Waals surface area contributed by atoms with Crippen molar-refractivity contribution in [3.8, 4) is 0 Å². The zero-order valence-electron chi connectivity index (χ0n) is 9.79. The Morgan fingerprint density at radius 2 is 1.87 bits per heavy atom. The first-order chi connectivity index (χ1) is 7.15. The lowest BCUT2D eigenvalue weighted by Gasteiger charge is -2.36. The second-order valence-electron chi connectivity index (χ2n) is 4.96. The van der Waals surface area contributed by atoms with Gasteiger partial charge in [-0.3, -0.25) is 0 Å². The van der Waals surface area contributed by atoms with Crippen LogP contribution in [-0.4, -0.2) is 30.2 Å². The summed E-state index contributed by atoms with van der Waals surface area (Å²) in [6.07, 6.45) is 4.90. The topological polar surface area (TPSA) is 38.7 Å². The van der Waals surface area contributed by atoms with Crippen LogP contribution in [0.3, 0.4) is 0 Å². The average molecular weight is 214 g/mol. The molecule has 1 unspecified atom stereocenters. The van der Waals surface area contributed by atoms with Crippen LogP contribution in [0.25, 0.3) is 0 Å². The predicted octanol–water partition coefficient (Wildman–Crippen LogP) is 2.08. The van der Waals surface area contributed by atoms with Crippen molar-refractivity contribution in [1.82, 2.24) is 0 Å². The fraction of sp³-hybridized carbons (Fsp3) is 1.00. The van der Waals surface area contributed by atoms with Gasteiger partial charge in [-0.15, -0.1) is 0 Å². The van der Waals surface area contributed by atoms with Crippen LogP contribution in [0, 0.1) is 5.41 Å². The van der Waals surface area contributed by atoms with Gasteiger partial charge in [0.2, 0.25) is 0 Å². The van der Waals surface area contributed by atoms with E-state index in [1.165, 1.54) is 0 Å². The molecule has 0 amide bonds. The van der Waals surface area contributed by atoms with Crippen LogP contribution in [0.4, 0.5) is 0 Å². The zero-order valence-corrected chi connectivity index (χ0v) is 9.79. The summed E-state index contributed by atoms with van der Waals surface area (Å²) >= 11 is 0. The number of ether oxygens (including phenoxy) is 2. The number of rotatable bonds is 5. The van der Waals surface area contributed by atoms with E-state index in [0.29, 0.717) is 13.2 Å². The van der Waals surface area contributed by atoms with Gasteiger partial charge in [-0.1, -0.05) is 19.8 Å². The number of hydrogen-bond donors (Lipinski definition) is 1. The van der Waals surface area contributed by atoms with Gasteiger partial charge in [0, 0.05) is 0 Å². The van der Waals surface area contributed by atoms with Gasteiger partial charge in [0.1, 0.15) is 0 Å². The van der Waals surface area contributed by atoms with Gasteiger partial charge in [0.25, 0.3) is 0 Å². The molecule has 3 heteroatoms. The maximum Gasteiger partial charge on any atom is 0.173 e. The number of unbranched alkanes of at least 4 members (excludes halogenated alkanes) is 1. The standard InChI is InChI=1S/C12H22O3/c1-3-4-5-10(13)12(6-7-12)11(2)14-8-9-15-11/h10,13H,3-9H2,1-2H3. The van der Waals surface area contributed by atoms with E-state index < -0.39 is 5.79 Å². The van der Waals surface area contributed by atoms with Crippen molar-refractivity contribution in [2.75, 3.05) is 13.2 Å². The lowest BCUT2D eigenvalue weighted by atomic mass is 9.87. The Morgan fingerprint density at radius 1 is 1.27 bits per heavy atom. The highest BCUT2D eigenvalue weighted by atomic mass is 16.7. The molecule has 0 aromatic heterocycles. The number of aliphatic hydroxyl groups excluding tert-OH is 1. The van der Waals surface area contributed by atoms with E-state index in [1.54, 1.807) is 0 Å². The molecule has 88 valence electrons. The Hall–Kier alpha value is -0.120. The molecule has 1 aliphatic heterocycles. The van der Waals surface area contributed by atoms with E-state index in [2.05, 4.69) is 6.92 Å². The third-order valence-electron chi connectivity index (χ3n) is 4.00. The molecule has 1 atom stereocenters. The fourth-order valence-electron chi connectivity index (χ4n) is 2.70. The molecule has 1 N–H and O–H groups in total. The lowest BCUT2D eigenvalue weighted by molar-refractivity contribution is -0.217. The Kier molecular flexibility index (Phi) is 3.06. The Bertz CT molecular complexity index is 217. The molecule has 2 aliphatic rings. The normalized spacial score (nSPS) is 29.0. The summed E-state index contributed by atoms with van der Waals surface area (Å²) in [5, 5.41) is 10.2. The molecule has 0 aromatic carbocycles. The smallest absolute Gasteiger partial charge is 0.173 e. The minimum absolute atomic E-state index is 0.112. The summed E-state index contributed by atoms with van der Waals surface area (Å²) in [4.78, 5) is 0. The number of hydrogen-bond acceptors (Lipinski definition) is 3. The minimum atomic E-state index is -0.528. The molecule has 0 bridgehead atoms. The van der Waals surface area contributed by atoms with Crippen molar-refractivity contribution < 1.29 is 14.6 Å². The summed E-state index contributed by atoms with van der Waals surface area (Å²) in [5.74, 6) is -0.528. The predicted molar refractivity (Wildman–Crippen MR) is 57.5 cm³/mol. The van der Waals surface area contributed by atoms with E-state index in [-0.39, 0.29) is 11.5 Å². The highest BCUT2D eigenvalue weighted by Gasteiger charge is 2.64. The van der Waals surface area contributed by atoms with Crippen molar-refractivity contribution >= 4 is 0 Å². The van der Waals surface area contributed by atoms with Gasteiger partial charge in [0.15, 0.2) is 5.79 Å². The highest BCUT2D eigenvalue weighted by molar-refractivity contribution is 5.08. The molecular weight excluding hydrogens is 192 g/mol.